The molecule has 28 heavy (non-hydrogen) atoms. The molecular formula is C20H32N4O4. The van der Waals surface area contributed by atoms with E-state index in [1.54, 1.807) is 6.33 Å². The van der Waals surface area contributed by atoms with Crippen molar-refractivity contribution in [2.75, 3.05) is 19.8 Å². The van der Waals surface area contributed by atoms with Gasteiger partial charge in [0.1, 0.15) is 12.4 Å². The molecule has 0 bridgehead atoms. The molecule has 2 aromatic rings. The Hall–Kier alpha value is -1.77. The first-order valence-corrected chi connectivity index (χ1v) is 10.5. The van der Waals surface area contributed by atoms with Gasteiger partial charge in [-0.3, -0.25) is 4.57 Å². The minimum Gasteiger partial charge on any atom is -0.492 e. The van der Waals surface area contributed by atoms with Crippen molar-refractivity contribution >= 4 is 11.2 Å². The minimum absolute atomic E-state index is 0.0318. The number of hydrogen-bond acceptors (Lipinski definition) is 7. The van der Waals surface area contributed by atoms with Crippen LogP contribution in [-0.4, -0.2) is 56.7 Å². The first kappa shape index (κ1) is 21.0. The first-order valence-electron chi connectivity index (χ1n) is 10.5. The number of nitrogens with zero attached hydrogens (tertiary/aromatic N) is 4. The number of imidazole rings is 1. The third kappa shape index (κ3) is 5.18. The summed E-state index contributed by atoms with van der Waals surface area (Å²) >= 11 is 0. The Morgan fingerprint density at radius 2 is 1.89 bits per heavy atom. The van der Waals surface area contributed by atoms with Gasteiger partial charge in [-0.05, 0) is 12.8 Å². The van der Waals surface area contributed by atoms with Crippen molar-refractivity contribution in [3.05, 3.63) is 12.7 Å². The van der Waals surface area contributed by atoms with Gasteiger partial charge in [-0.2, -0.15) is 4.98 Å². The number of aromatic hydroxyl groups is 1. The van der Waals surface area contributed by atoms with Gasteiger partial charge in [0.25, 0.3) is 0 Å². The van der Waals surface area contributed by atoms with Gasteiger partial charge in [0, 0.05) is 19.6 Å². The molecule has 2 aromatic heterocycles. The van der Waals surface area contributed by atoms with Crippen molar-refractivity contribution < 1.29 is 19.3 Å². The van der Waals surface area contributed by atoms with Crippen LogP contribution in [0.1, 0.15) is 65.0 Å². The molecule has 3 rings (SSSR count). The molecule has 1 aliphatic heterocycles. The van der Waals surface area contributed by atoms with Crippen LogP contribution in [0.25, 0.3) is 11.2 Å². The third-order valence-corrected chi connectivity index (χ3v) is 5.03. The predicted octanol–water partition coefficient (Wildman–Crippen LogP) is 3.60. The number of hydrogen-bond donors (Lipinski definition) is 1. The molecule has 0 amide bonds. The number of ether oxygens (including phenoxy) is 3. The number of fused-ring (bicyclic) bond motifs is 1. The molecule has 3 heterocycles. The molecule has 1 fully saturated rings. The highest BCUT2D eigenvalue weighted by molar-refractivity contribution is 5.75. The Bertz CT molecular complexity index is 723. The van der Waals surface area contributed by atoms with Gasteiger partial charge >= 0.3 is 0 Å². The molecule has 0 aromatic carbocycles. The van der Waals surface area contributed by atoms with Crippen molar-refractivity contribution in [1.29, 1.82) is 0 Å². The zero-order valence-electron chi connectivity index (χ0n) is 16.9. The van der Waals surface area contributed by atoms with Gasteiger partial charge < -0.3 is 19.3 Å². The van der Waals surface area contributed by atoms with Crippen LogP contribution < -0.4 is 0 Å². The maximum atomic E-state index is 9.91. The van der Waals surface area contributed by atoms with Crippen molar-refractivity contribution in [3.63, 3.8) is 0 Å². The average molecular weight is 393 g/mol. The van der Waals surface area contributed by atoms with Crippen LogP contribution in [0.4, 0.5) is 0 Å². The standard InChI is InChI=1S/C20H32N4O4/c1-3-5-7-9-26-12-15-11-16(27-10-8-6-4-2)20(28-15)24-14-23-17-18(24)21-13-22-19(17)25/h13-16,20H,3-12H2,1-2H3,(H,21,22,25)/t15-,16+,20+/m0/s1. The van der Waals surface area contributed by atoms with Crippen LogP contribution >= 0.6 is 0 Å². The summed E-state index contributed by atoms with van der Waals surface area (Å²) in [6.07, 6.45) is 10.0. The molecule has 8 nitrogen and oxygen atoms in total. The van der Waals surface area contributed by atoms with Gasteiger partial charge in [0.15, 0.2) is 17.4 Å². The molecule has 0 radical (unpaired) electrons. The molecule has 3 atom stereocenters. The fourth-order valence-electron chi connectivity index (χ4n) is 3.50. The normalized spacial score (nSPS) is 22.3. The monoisotopic (exact) mass is 392 g/mol. The van der Waals surface area contributed by atoms with Crippen molar-refractivity contribution in [2.45, 2.75) is 77.2 Å². The molecule has 0 saturated carbocycles. The fourth-order valence-corrected chi connectivity index (χ4v) is 3.50. The lowest BCUT2D eigenvalue weighted by Crippen LogP contribution is -2.23. The van der Waals surface area contributed by atoms with Crippen molar-refractivity contribution in [3.8, 4) is 5.88 Å². The maximum absolute atomic E-state index is 9.91. The molecule has 1 N–H and O–H groups in total. The van der Waals surface area contributed by atoms with Gasteiger partial charge in [0.05, 0.1) is 19.0 Å². The zero-order chi connectivity index (χ0) is 19.8. The molecule has 0 aliphatic carbocycles. The smallest absolute Gasteiger partial charge is 0.242 e. The minimum atomic E-state index is -0.342. The van der Waals surface area contributed by atoms with Crippen LogP contribution in [0, 0.1) is 0 Å². The SMILES string of the molecule is CCCCCOC[C@@H]1C[C@@H](OCCCCC)[C@H](n2cnc3c(O)ncnc32)O1. The van der Waals surface area contributed by atoms with Crippen LogP contribution in [0.5, 0.6) is 5.88 Å². The third-order valence-electron chi connectivity index (χ3n) is 5.03. The van der Waals surface area contributed by atoms with Gasteiger partial charge in [-0.25, -0.2) is 9.97 Å². The molecule has 0 unspecified atom stereocenters. The van der Waals surface area contributed by atoms with Crippen LogP contribution in [0.15, 0.2) is 12.7 Å². The van der Waals surface area contributed by atoms with Gasteiger partial charge in [-0.15, -0.1) is 0 Å². The van der Waals surface area contributed by atoms with Crippen LogP contribution in [0.2, 0.25) is 0 Å². The van der Waals surface area contributed by atoms with E-state index in [0.717, 1.165) is 38.7 Å². The molecule has 1 aliphatic rings. The zero-order valence-corrected chi connectivity index (χ0v) is 16.9. The number of aromatic nitrogens is 4. The van der Waals surface area contributed by atoms with E-state index in [4.69, 9.17) is 14.2 Å². The van der Waals surface area contributed by atoms with E-state index in [0.29, 0.717) is 24.4 Å². The van der Waals surface area contributed by atoms with E-state index >= 15 is 0 Å². The van der Waals surface area contributed by atoms with E-state index in [1.807, 2.05) is 4.57 Å². The maximum Gasteiger partial charge on any atom is 0.242 e. The predicted molar refractivity (Wildman–Crippen MR) is 105 cm³/mol. The highest BCUT2D eigenvalue weighted by Crippen LogP contribution is 2.34. The summed E-state index contributed by atoms with van der Waals surface area (Å²) < 4.78 is 20.1. The quantitative estimate of drug-likeness (QED) is 0.552. The Morgan fingerprint density at radius 3 is 2.68 bits per heavy atom. The lowest BCUT2D eigenvalue weighted by Gasteiger charge is -2.20. The van der Waals surface area contributed by atoms with Crippen molar-refractivity contribution in [2.24, 2.45) is 0 Å². The lowest BCUT2D eigenvalue weighted by atomic mass is 10.2. The number of rotatable bonds is 12. The summed E-state index contributed by atoms with van der Waals surface area (Å²) in [5.41, 5.74) is 0.916. The van der Waals surface area contributed by atoms with E-state index < -0.39 is 0 Å². The Kier molecular flexibility index (Phi) is 8.00. The Labute approximate surface area is 166 Å². The Balaban J connectivity index is 1.67. The molecule has 156 valence electrons. The molecule has 8 heteroatoms. The first-order chi connectivity index (χ1) is 13.7. The highest BCUT2D eigenvalue weighted by Gasteiger charge is 2.38. The van der Waals surface area contributed by atoms with Crippen molar-refractivity contribution in [1.82, 2.24) is 19.5 Å². The van der Waals surface area contributed by atoms with Crippen LogP contribution in [-0.2, 0) is 14.2 Å². The summed E-state index contributed by atoms with van der Waals surface area (Å²) in [6, 6.07) is 0. The second kappa shape index (κ2) is 10.7. The summed E-state index contributed by atoms with van der Waals surface area (Å²) in [4.78, 5) is 12.3. The summed E-state index contributed by atoms with van der Waals surface area (Å²) in [7, 11) is 0. The summed E-state index contributed by atoms with van der Waals surface area (Å²) in [5, 5.41) is 9.91. The largest absolute Gasteiger partial charge is 0.492 e. The summed E-state index contributed by atoms with van der Waals surface area (Å²) in [6.45, 7) is 6.38. The number of unbranched alkanes of at least 4 members (excludes halogenated alkanes) is 4. The fraction of sp³-hybridized carbons (Fsp3) is 0.750. The van der Waals surface area contributed by atoms with E-state index in [9.17, 15) is 5.11 Å². The molecule has 0 spiro atoms. The Morgan fingerprint density at radius 1 is 1.11 bits per heavy atom. The van der Waals surface area contributed by atoms with E-state index in [-0.39, 0.29) is 24.3 Å². The molecule has 1 saturated heterocycles. The van der Waals surface area contributed by atoms with Crippen LogP contribution in [0.3, 0.4) is 0 Å². The topological polar surface area (TPSA) is 91.5 Å². The molecular weight excluding hydrogens is 360 g/mol. The second-order valence-electron chi connectivity index (χ2n) is 7.30. The summed E-state index contributed by atoms with van der Waals surface area (Å²) in [5.74, 6) is -0.127. The van der Waals surface area contributed by atoms with E-state index in [1.165, 1.54) is 19.2 Å². The van der Waals surface area contributed by atoms with E-state index in [2.05, 4.69) is 28.8 Å². The van der Waals surface area contributed by atoms with Gasteiger partial charge in [-0.1, -0.05) is 39.5 Å². The average Bonchev–Trinajstić information content (AvgIpc) is 3.30. The lowest BCUT2D eigenvalue weighted by molar-refractivity contribution is -0.0761. The van der Waals surface area contributed by atoms with Gasteiger partial charge in [0.2, 0.25) is 5.88 Å². The second-order valence-corrected chi connectivity index (χ2v) is 7.30. The highest BCUT2D eigenvalue weighted by atomic mass is 16.6.